The summed E-state index contributed by atoms with van der Waals surface area (Å²) in [7, 11) is 1.41. The zero-order valence-electron chi connectivity index (χ0n) is 16.5. The predicted octanol–water partition coefficient (Wildman–Crippen LogP) is 3.89. The zero-order valence-corrected chi connectivity index (χ0v) is 16.5. The summed E-state index contributed by atoms with van der Waals surface area (Å²) in [6.07, 6.45) is 6.56. The van der Waals surface area contributed by atoms with Crippen molar-refractivity contribution in [2.24, 2.45) is 5.41 Å². The highest BCUT2D eigenvalue weighted by atomic mass is 19.1. The maximum atomic E-state index is 14.8. The summed E-state index contributed by atoms with van der Waals surface area (Å²) in [5.41, 5.74) is 0.961. The largest absolute Gasteiger partial charge is 0.492 e. The molecule has 2 aromatic heterocycles. The van der Waals surface area contributed by atoms with Crippen LogP contribution >= 0.6 is 0 Å². The predicted molar refractivity (Wildman–Crippen MR) is 102 cm³/mol. The Bertz CT molecular complexity index is 957. The van der Waals surface area contributed by atoms with Gasteiger partial charge >= 0.3 is 0 Å². The minimum atomic E-state index is -0.453. The highest BCUT2D eigenvalue weighted by molar-refractivity contribution is 5.84. The van der Waals surface area contributed by atoms with Crippen LogP contribution in [0, 0.1) is 22.6 Å². The van der Waals surface area contributed by atoms with Gasteiger partial charge in [-0.15, -0.1) is 0 Å². The van der Waals surface area contributed by atoms with Crippen LogP contribution in [0.25, 0.3) is 11.0 Å². The second-order valence-corrected chi connectivity index (χ2v) is 8.23. The Labute approximate surface area is 163 Å². The number of ether oxygens (including phenoxy) is 1. The quantitative estimate of drug-likeness (QED) is 0.848. The summed E-state index contributed by atoms with van der Waals surface area (Å²) in [5.74, 6) is -0.437. The number of piperidine rings is 2. The van der Waals surface area contributed by atoms with E-state index in [0.717, 1.165) is 31.2 Å². The molecule has 0 radical (unpaired) electrons. The van der Waals surface area contributed by atoms with E-state index in [-0.39, 0.29) is 35.1 Å². The van der Waals surface area contributed by atoms with E-state index in [1.54, 1.807) is 6.20 Å². The Balaban J connectivity index is 1.56. The van der Waals surface area contributed by atoms with Gasteiger partial charge in [-0.3, -0.25) is 4.79 Å². The van der Waals surface area contributed by atoms with Crippen LogP contribution in [0.4, 0.5) is 4.39 Å². The van der Waals surface area contributed by atoms with Crippen molar-refractivity contribution in [2.75, 3.05) is 7.11 Å². The van der Waals surface area contributed by atoms with Crippen LogP contribution in [0.15, 0.2) is 12.4 Å². The first-order valence-electron chi connectivity index (χ1n) is 9.85. The number of amides is 1. The standard InChI is InChI=1S/C21H25FN4O2/c1-4-13-6-21(11-23)7-14(8-21)26(13)17(27)5-12(2)15-9-24-20-18(15)19(22)16(28-3)10-25-20/h9-10,12-14H,4-8H2,1-3H3,(H,24,25). The fourth-order valence-electron chi connectivity index (χ4n) is 5.01. The van der Waals surface area contributed by atoms with Gasteiger partial charge in [-0.1, -0.05) is 13.8 Å². The number of carbonyl (C=O) groups excluding carboxylic acids is 1. The van der Waals surface area contributed by atoms with E-state index >= 15 is 0 Å². The summed E-state index contributed by atoms with van der Waals surface area (Å²) < 4.78 is 19.8. The third-order valence-electron chi connectivity index (χ3n) is 6.53. The van der Waals surface area contributed by atoms with Gasteiger partial charge in [0.2, 0.25) is 5.91 Å². The summed E-state index contributed by atoms with van der Waals surface area (Å²) in [5, 5.41) is 9.84. The number of nitriles is 1. The van der Waals surface area contributed by atoms with E-state index in [1.807, 2.05) is 11.8 Å². The number of aromatic amines is 1. The first-order chi connectivity index (χ1) is 13.4. The number of aromatic nitrogens is 2. The molecule has 2 bridgehead atoms. The minimum Gasteiger partial charge on any atom is -0.492 e. The normalized spacial score (nSPS) is 27.2. The number of nitrogens with one attached hydrogen (secondary N) is 1. The number of carbonyl (C=O) groups is 1. The third kappa shape index (κ3) is 2.74. The maximum Gasteiger partial charge on any atom is 0.223 e. The van der Waals surface area contributed by atoms with Crippen LogP contribution < -0.4 is 4.74 Å². The molecule has 1 saturated carbocycles. The summed E-state index contributed by atoms with van der Waals surface area (Å²) >= 11 is 0. The Morgan fingerprint density at radius 1 is 1.54 bits per heavy atom. The molecule has 7 heteroatoms. The number of H-pyrrole nitrogens is 1. The van der Waals surface area contributed by atoms with E-state index in [2.05, 4.69) is 23.0 Å². The number of pyridine rings is 1. The van der Waals surface area contributed by atoms with Gasteiger partial charge in [0.15, 0.2) is 11.6 Å². The lowest BCUT2D eigenvalue weighted by molar-refractivity contribution is -0.152. The molecule has 0 spiro atoms. The van der Waals surface area contributed by atoms with E-state index in [4.69, 9.17) is 4.74 Å². The van der Waals surface area contributed by atoms with Gasteiger partial charge in [0, 0.05) is 24.7 Å². The molecule has 1 amide bonds. The van der Waals surface area contributed by atoms with Crippen LogP contribution in [0.2, 0.25) is 0 Å². The van der Waals surface area contributed by atoms with Crippen LogP contribution in [-0.4, -0.2) is 40.0 Å². The van der Waals surface area contributed by atoms with Gasteiger partial charge in [0.1, 0.15) is 5.65 Å². The van der Waals surface area contributed by atoms with Gasteiger partial charge < -0.3 is 14.6 Å². The summed E-state index contributed by atoms with van der Waals surface area (Å²) in [6, 6.07) is 2.75. The highest BCUT2D eigenvalue weighted by Crippen LogP contribution is 2.53. The van der Waals surface area contributed by atoms with E-state index in [1.165, 1.54) is 13.3 Å². The molecule has 3 aliphatic rings. The van der Waals surface area contributed by atoms with Gasteiger partial charge in [-0.25, -0.2) is 9.37 Å². The number of fused-ring (bicyclic) bond motifs is 3. The van der Waals surface area contributed by atoms with Crippen molar-refractivity contribution in [3.8, 4) is 11.8 Å². The second-order valence-electron chi connectivity index (χ2n) is 8.23. The van der Waals surface area contributed by atoms with Gasteiger partial charge in [0.25, 0.3) is 0 Å². The van der Waals surface area contributed by atoms with Crippen molar-refractivity contribution in [3.05, 3.63) is 23.8 Å². The van der Waals surface area contributed by atoms with Crippen molar-refractivity contribution >= 4 is 16.9 Å². The number of methoxy groups -OCH3 is 1. The van der Waals surface area contributed by atoms with E-state index < -0.39 is 5.82 Å². The SMILES string of the molecule is CCC1CC2(C#N)CC(C2)N1C(=O)CC(C)c1c[nH]c2ncc(OC)c(F)c12. The lowest BCUT2D eigenvalue weighted by Crippen LogP contribution is -2.63. The number of hydrogen-bond acceptors (Lipinski definition) is 4. The second kappa shape index (κ2) is 6.77. The average molecular weight is 384 g/mol. The number of rotatable bonds is 5. The number of nitrogens with zero attached hydrogens (tertiary/aromatic N) is 3. The molecular formula is C21H25FN4O2. The van der Waals surface area contributed by atoms with Crippen LogP contribution in [0.3, 0.4) is 0 Å². The molecule has 5 rings (SSSR count). The molecule has 2 aromatic rings. The first-order valence-corrected chi connectivity index (χ1v) is 9.85. The summed E-state index contributed by atoms with van der Waals surface area (Å²) in [6.45, 7) is 4.00. The Morgan fingerprint density at radius 3 is 2.93 bits per heavy atom. The molecule has 2 saturated heterocycles. The molecule has 2 atom stereocenters. The minimum absolute atomic E-state index is 0.0844. The Morgan fingerprint density at radius 2 is 2.29 bits per heavy atom. The molecule has 6 nitrogen and oxygen atoms in total. The molecule has 2 unspecified atom stereocenters. The Kier molecular flexibility index (Phi) is 4.53. The smallest absolute Gasteiger partial charge is 0.223 e. The first kappa shape index (κ1) is 18.7. The van der Waals surface area contributed by atoms with Crippen LogP contribution in [0.1, 0.15) is 57.4 Å². The molecule has 4 heterocycles. The number of halogens is 1. The van der Waals surface area contributed by atoms with Crippen LogP contribution in [0.5, 0.6) is 5.75 Å². The molecule has 2 aliphatic heterocycles. The molecular weight excluding hydrogens is 359 g/mol. The lowest BCUT2D eigenvalue weighted by Gasteiger charge is -2.58. The Hall–Kier alpha value is -2.62. The number of hydrogen-bond donors (Lipinski definition) is 1. The molecule has 3 fully saturated rings. The van der Waals surface area contributed by atoms with Crippen molar-refractivity contribution in [3.63, 3.8) is 0 Å². The summed E-state index contributed by atoms with van der Waals surface area (Å²) in [4.78, 5) is 22.3. The molecule has 28 heavy (non-hydrogen) atoms. The zero-order chi connectivity index (χ0) is 20.1. The van der Waals surface area contributed by atoms with Crippen LogP contribution in [-0.2, 0) is 4.79 Å². The highest BCUT2D eigenvalue weighted by Gasteiger charge is 2.55. The van der Waals surface area contributed by atoms with Crippen molar-refractivity contribution in [1.82, 2.24) is 14.9 Å². The van der Waals surface area contributed by atoms with E-state index in [9.17, 15) is 14.4 Å². The monoisotopic (exact) mass is 384 g/mol. The molecule has 1 aliphatic carbocycles. The third-order valence-corrected chi connectivity index (χ3v) is 6.53. The van der Waals surface area contributed by atoms with E-state index in [0.29, 0.717) is 17.5 Å². The fraction of sp³-hybridized carbons (Fsp3) is 0.571. The van der Waals surface area contributed by atoms with Gasteiger partial charge in [-0.05, 0) is 37.2 Å². The maximum absolute atomic E-state index is 14.8. The van der Waals surface area contributed by atoms with Gasteiger partial charge in [-0.2, -0.15) is 5.26 Å². The van der Waals surface area contributed by atoms with Crippen molar-refractivity contribution in [1.29, 1.82) is 5.26 Å². The fourth-order valence-corrected chi connectivity index (χ4v) is 5.01. The van der Waals surface area contributed by atoms with Gasteiger partial charge in [0.05, 0.1) is 30.2 Å². The average Bonchev–Trinajstić information content (AvgIpc) is 3.12. The molecule has 148 valence electrons. The van der Waals surface area contributed by atoms with Crippen molar-refractivity contribution < 1.29 is 13.9 Å². The lowest BCUT2D eigenvalue weighted by atomic mass is 9.58. The van der Waals surface area contributed by atoms with Crippen molar-refractivity contribution in [2.45, 2.75) is 64.0 Å². The molecule has 1 N–H and O–H groups in total. The topological polar surface area (TPSA) is 82.0 Å². The molecule has 0 aromatic carbocycles.